The van der Waals surface area contributed by atoms with Gasteiger partial charge in [-0.05, 0) is 37.7 Å². The zero-order valence-corrected chi connectivity index (χ0v) is 10.1. The number of hydrogen-bond donors (Lipinski definition) is 1. The molecule has 1 N–H and O–H groups in total. The van der Waals surface area contributed by atoms with E-state index >= 15 is 0 Å². The number of likely N-dealkylation sites (N-methyl/N-ethyl adjacent to an activating group) is 1. The molecule has 0 aliphatic rings. The lowest BCUT2D eigenvalue weighted by atomic mass is 10.2. The summed E-state index contributed by atoms with van der Waals surface area (Å²) in [5.41, 5.74) is -0.0828. The van der Waals surface area contributed by atoms with Crippen LogP contribution < -0.4 is 10.3 Å². The number of pyridine rings is 1. The van der Waals surface area contributed by atoms with Crippen LogP contribution >= 0.6 is 0 Å². The predicted octanol–water partition coefficient (Wildman–Crippen LogP) is 1.47. The molecule has 2 aromatic rings. The topological polar surface area (TPSA) is 45.3 Å². The van der Waals surface area contributed by atoms with E-state index in [1.165, 1.54) is 0 Å². The number of H-pyrrole nitrogens is 1. The Morgan fingerprint density at radius 3 is 2.88 bits per heavy atom. The minimum atomic E-state index is -0.0828. The van der Waals surface area contributed by atoms with Crippen molar-refractivity contribution in [1.29, 1.82) is 0 Å². The molecule has 0 bridgehead atoms. The van der Waals surface area contributed by atoms with Gasteiger partial charge in [-0.1, -0.05) is 6.07 Å². The molecule has 0 radical (unpaired) electrons. The third kappa shape index (κ3) is 2.85. The smallest absolute Gasteiger partial charge is 0.255 e. The van der Waals surface area contributed by atoms with E-state index in [1.807, 2.05) is 37.2 Å². The summed E-state index contributed by atoms with van der Waals surface area (Å²) in [5.74, 6) is 0.732. The Balaban J connectivity index is 2.20. The fraction of sp³-hybridized carbons (Fsp3) is 0.308. The summed E-state index contributed by atoms with van der Waals surface area (Å²) in [6.45, 7) is 1.46. The highest BCUT2D eigenvalue weighted by Crippen LogP contribution is 2.17. The maximum atomic E-state index is 11.6. The Morgan fingerprint density at radius 2 is 2.12 bits per heavy atom. The lowest BCUT2D eigenvalue weighted by Gasteiger charge is -2.11. The van der Waals surface area contributed by atoms with Gasteiger partial charge in [0.25, 0.3) is 5.56 Å². The Kier molecular flexibility index (Phi) is 3.44. The molecule has 0 saturated carbocycles. The van der Waals surface area contributed by atoms with Crippen molar-refractivity contribution in [2.75, 3.05) is 27.2 Å². The van der Waals surface area contributed by atoms with Crippen molar-refractivity contribution >= 4 is 10.8 Å². The molecule has 0 saturated heterocycles. The normalized spacial score (nSPS) is 11.0. The largest absolute Gasteiger partial charge is 0.492 e. The van der Waals surface area contributed by atoms with Crippen molar-refractivity contribution in [2.24, 2.45) is 0 Å². The van der Waals surface area contributed by atoms with Gasteiger partial charge in [-0.15, -0.1) is 0 Å². The van der Waals surface area contributed by atoms with Gasteiger partial charge in [0.15, 0.2) is 0 Å². The van der Waals surface area contributed by atoms with Crippen LogP contribution in [0.2, 0.25) is 0 Å². The van der Waals surface area contributed by atoms with E-state index in [4.69, 9.17) is 4.74 Å². The molecule has 0 aliphatic carbocycles. The van der Waals surface area contributed by atoms with Gasteiger partial charge < -0.3 is 14.6 Å². The van der Waals surface area contributed by atoms with E-state index in [-0.39, 0.29) is 5.56 Å². The number of ether oxygens (including phenoxy) is 1. The average Bonchev–Trinajstić information content (AvgIpc) is 2.30. The molecule has 90 valence electrons. The zero-order chi connectivity index (χ0) is 12.3. The number of aromatic nitrogens is 1. The van der Waals surface area contributed by atoms with Crippen LogP contribution in [0.5, 0.6) is 5.75 Å². The predicted molar refractivity (Wildman–Crippen MR) is 68.6 cm³/mol. The van der Waals surface area contributed by atoms with E-state index in [2.05, 4.69) is 4.98 Å². The maximum absolute atomic E-state index is 11.6. The first-order valence-corrected chi connectivity index (χ1v) is 5.56. The van der Waals surface area contributed by atoms with Crippen molar-refractivity contribution in [3.8, 4) is 5.75 Å². The van der Waals surface area contributed by atoms with E-state index < -0.39 is 0 Å². The third-order valence-electron chi connectivity index (χ3n) is 2.55. The van der Waals surface area contributed by atoms with E-state index in [0.717, 1.165) is 17.7 Å². The van der Waals surface area contributed by atoms with Crippen molar-refractivity contribution in [3.63, 3.8) is 0 Å². The second-order valence-corrected chi connectivity index (χ2v) is 4.21. The minimum absolute atomic E-state index is 0.0828. The van der Waals surface area contributed by atoms with Gasteiger partial charge in [0.2, 0.25) is 0 Å². The van der Waals surface area contributed by atoms with Gasteiger partial charge in [0.1, 0.15) is 12.4 Å². The fourth-order valence-corrected chi connectivity index (χ4v) is 1.60. The molecular weight excluding hydrogens is 216 g/mol. The molecule has 0 fully saturated rings. The molecule has 1 aromatic heterocycles. The quantitative estimate of drug-likeness (QED) is 0.868. The SMILES string of the molecule is CN(C)CCOc1ccc2cc[nH]c(=O)c2c1. The summed E-state index contributed by atoms with van der Waals surface area (Å²) in [6, 6.07) is 7.44. The molecular formula is C13H16N2O2. The molecule has 4 nitrogen and oxygen atoms in total. The van der Waals surface area contributed by atoms with E-state index in [9.17, 15) is 4.79 Å². The maximum Gasteiger partial charge on any atom is 0.255 e. The highest BCUT2D eigenvalue weighted by Gasteiger charge is 2.00. The molecule has 17 heavy (non-hydrogen) atoms. The second kappa shape index (κ2) is 5.01. The van der Waals surface area contributed by atoms with E-state index in [0.29, 0.717) is 12.0 Å². The summed E-state index contributed by atoms with van der Waals surface area (Å²) in [4.78, 5) is 16.3. The van der Waals surface area contributed by atoms with Gasteiger partial charge in [-0.2, -0.15) is 0 Å². The lowest BCUT2D eigenvalue weighted by Crippen LogP contribution is -2.19. The standard InChI is InChI=1S/C13H16N2O2/c1-15(2)7-8-17-11-4-3-10-5-6-14-13(16)12(10)9-11/h3-6,9H,7-8H2,1-2H3,(H,14,16). The van der Waals surface area contributed by atoms with Crippen LogP contribution in [0.1, 0.15) is 0 Å². The summed E-state index contributed by atoms with van der Waals surface area (Å²) in [5, 5.41) is 1.59. The van der Waals surface area contributed by atoms with Gasteiger partial charge >= 0.3 is 0 Å². The van der Waals surface area contributed by atoms with Crippen LogP contribution in [-0.4, -0.2) is 37.1 Å². The number of hydrogen-bond acceptors (Lipinski definition) is 3. The number of fused-ring (bicyclic) bond motifs is 1. The molecule has 0 aliphatic heterocycles. The Hall–Kier alpha value is -1.81. The van der Waals surface area contributed by atoms with Crippen LogP contribution in [0.25, 0.3) is 10.8 Å². The Bertz CT molecular complexity index is 561. The van der Waals surface area contributed by atoms with Gasteiger partial charge in [-0.3, -0.25) is 4.79 Å². The average molecular weight is 232 g/mol. The summed E-state index contributed by atoms with van der Waals surface area (Å²) < 4.78 is 5.59. The monoisotopic (exact) mass is 232 g/mol. The Morgan fingerprint density at radius 1 is 1.29 bits per heavy atom. The number of nitrogens with zero attached hydrogens (tertiary/aromatic N) is 1. The van der Waals surface area contributed by atoms with Gasteiger partial charge in [-0.25, -0.2) is 0 Å². The first-order chi connectivity index (χ1) is 8.16. The summed E-state index contributed by atoms with van der Waals surface area (Å²) >= 11 is 0. The van der Waals surface area contributed by atoms with E-state index in [1.54, 1.807) is 12.3 Å². The molecule has 0 spiro atoms. The minimum Gasteiger partial charge on any atom is -0.492 e. The van der Waals surface area contributed by atoms with Gasteiger partial charge in [0, 0.05) is 12.7 Å². The highest BCUT2D eigenvalue weighted by molar-refractivity contribution is 5.82. The number of aromatic amines is 1. The molecule has 0 atom stereocenters. The number of benzene rings is 1. The van der Waals surface area contributed by atoms with Crippen LogP contribution in [0, 0.1) is 0 Å². The van der Waals surface area contributed by atoms with Crippen LogP contribution in [-0.2, 0) is 0 Å². The zero-order valence-electron chi connectivity index (χ0n) is 10.1. The molecule has 1 heterocycles. The number of rotatable bonds is 4. The lowest BCUT2D eigenvalue weighted by molar-refractivity contribution is 0.261. The number of nitrogens with one attached hydrogen (secondary N) is 1. The molecule has 0 unspecified atom stereocenters. The van der Waals surface area contributed by atoms with Crippen LogP contribution in [0.3, 0.4) is 0 Å². The third-order valence-corrected chi connectivity index (χ3v) is 2.55. The first kappa shape index (κ1) is 11.7. The molecule has 1 aromatic carbocycles. The van der Waals surface area contributed by atoms with Crippen molar-refractivity contribution < 1.29 is 4.74 Å². The summed E-state index contributed by atoms with van der Waals surface area (Å²) in [7, 11) is 3.99. The molecule has 4 heteroatoms. The summed E-state index contributed by atoms with van der Waals surface area (Å²) in [6.07, 6.45) is 1.65. The molecule has 0 amide bonds. The molecule has 2 rings (SSSR count). The highest BCUT2D eigenvalue weighted by atomic mass is 16.5. The van der Waals surface area contributed by atoms with Gasteiger partial charge in [0.05, 0.1) is 5.39 Å². The first-order valence-electron chi connectivity index (χ1n) is 5.56. The van der Waals surface area contributed by atoms with Crippen molar-refractivity contribution in [1.82, 2.24) is 9.88 Å². The fourth-order valence-electron chi connectivity index (χ4n) is 1.60. The Labute approximate surface area is 99.8 Å². The van der Waals surface area contributed by atoms with Crippen molar-refractivity contribution in [2.45, 2.75) is 0 Å². The van der Waals surface area contributed by atoms with Crippen LogP contribution in [0.4, 0.5) is 0 Å². The second-order valence-electron chi connectivity index (χ2n) is 4.21. The van der Waals surface area contributed by atoms with Crippen molar-refractivity contribution in [3.05, 3.63) is 40.8 Å². The van der Waals surface area contributed by atoms with Crippen LogP contribution in [0.15, 0.2) is 35.3 Å².